The molecule has 0 spiro atoms. The molecule has 0 amide bonds. The topological polar surface area (TPSA) is 21.6 Å². The van der Waals surface area contributed by atoms with Gasteiger partial charge in [0.05, 0.1) is 0 Å². The molecule has 0 fully saturated rings. The number of ether oxygens (including phenoxy) is 1. The van der Waals surface area contributed by atoms with Crippen LogP contribution in [0.5, 0.6) is 5.75 Å². The summed E-state index contributed by atoms with van der Waals surface area (Å²) < 4.78 is 6.80. The molecule has 92 valence electrons. The summed E-state index contributed by atoms with van der Waals surface area (Å²) in [7, 11) is 1.69. The molecule has 0 atom stereocenters. The van der Waals surface area contributed by atoms with Gasteiger partial charge < -0.3 is 0 Å². The summed E-state index contributed by atoms with van der Waals surface area (Å²) in [5, 5.41) is 0. The number of aliphatic imine (C=N–C) groups is 1. The Labute approximate surface area is 115 Å². The zero-order valence-corrected chi connectivity index (χ0v) is 14.1. The summed E-state index contributed by atoms with van der Waals surface area (Å²) in [6, 6.07) is 1.98. The summed E-state index contributed by atoms with van der Waals surface area (Å²) in [6.07, 6.45) is 0. The van der Waals surface area contributed by atoms with Crippen molar-refractivity contribution in [1.29, 1.82) is 0 Å². The van der Waals surface area contributed by atoms with E-state index in [-0.39, 0.29) is 0 Å². The minimum absolute atomic E-state index is 0.539. The predicted octanol–water partition coefficient (Wildman–Crippen LogP) is 3.37. The molecule has 3 heteroatoms. The van der Waals surface area contributed by atoms with Crippen LogP contribution in [0.4, 0.5) is 5.69 Å². The van der Waals surface area contributed by atoms with E-state index in [1.165, 1.54) is 39.9 Å². The first-order chi connectivity index (χ1) is 7.93. The monoisotopic (exact) mass is 401 g/mol. The molecule has 1 aromatic carbocycles. The van der Waals surface area contributed by atoms with Crippen LogP contribution in [0.15, 0.2) is 11.1 Å². The van der Waals surface area contributed by atoms with E-state index >= 15 is 0 Å². The average molecular weight is 401 g/mol. The fraction of sp³-hybridized carbons (Fsp3) is 0.429. The van der Waals surface area contributed by atoms with Gasteiger partial charge in [0.1, 0.15) is 0 Å². The van der Waals surface area contributed by atoms with Crippen molar-refractivity contribution in [2.45, 2.75) is 27.7 Å². The summed E-state index contributed by atoms with van der Waals surface area (Å²) in [5.41, 5.74) is 4.63. The zero-order chi connectivity index (χ0) is 13.2. The summed E-state index contributed by atoms with van der Waals surface area (Å²) in [5.74, 6) is 1.43. The van der Waals surface area contributed by atoms with Crippen LogP contribution in [-0.4, -0.2) is 17.7 Å². The van der Waals surface area contributed by atoms with Gasteiger partial charge in [-0.1, -0.05) is 0 Å². The van der Waals surface area contributed by atoms with Crippen LogP contribution in [0, 0.1) is 19.8 Å². The molecular formula is C14H19NOW. The normalized spacial score (nSPS) is 10.5. The molecule has 0 radical (unpaired) electrons. The summed E-state index contributed by atoms with van der Waals surface area (Å²) in [4.78, 5) is 4.15. The van der Waals surface area contributed by atoms with E-state index < -0.39 is 0 Å². The Morgan fingerprint density at radius 2 is 1.94 bits per heavy atom. The van der Waals surface area contributed by atoms with Crippen LogP contribution in [0.3, 0.4) is 0 Å². The maximum absolute atomic E-state index is 5.37. The van der Waals surface area contributed by atoms with Gasteiger partial charge in [0.25, 0.3) is 0 Å². The number of methoxy groups -OCH3 is 1. The molecule has 0 unspecified atom stereocenters. The molecule has 0 saturated carbocycles. The Hall–Kier alpha value is -0.752. The van der Waals surface area contributed by atoms with Crippen molar-refractivity contribution in [3.05, 3.63) is 22.8 Å². The second-order valence-corrected chi connectivity index (χ2v) is 5.98. The summed E-state index contributed by atoms with van der Waals surface area (Å²) >= 11 is 1.49. The third-order valence-electron chi connectivity index (χ3n) is 2.99. The van der Waals surface area contributed by atoms with Gasteiger partial charge >= 0.3 is 115 Å². The fourth-order valence-electron chi connectivity index (χ4n) is 1.81. The first kappa shape index (κ1) is 14.3. The van der Waals surface area contributed by atoms with E-state index in [2.05, 4.69) is 39.4 Å². The first-order valence-corrected chi connectivity index (χ1v) is 7.09. The molecule has 0 bridgehead atoms. The fourth-order valence-corrected chi connectivity index (χ4v) is 2.73. The van der Waals surface area contributed by atoms with Crippen LogP contribution in [-0.2, 0) is 19.4 Å². The molecule has 0 heterocycles. The molecule has 0 saturated heterocycles. The van der Waals surface area contributed by atoms with Gasteiger partial charge in [0.15, 0.2) is 0 Å². The molecule has 0 aliphatic carbocycles. The van der Waals surface area contributed by atoms with Crippen LogP contribution < -0.4 is 4.74 Å². The second kappa shape index (κ2) is 5.73. The van der Waals surface area contributed by atoms with Gasteiger partial charge in [-0.15, -0.1) is 0 Å². The van der Waals surface area contributed by atoms with E-state index in [9.17, 15) is 0 Å². The maximum atomic E-state index is 5.37. The Morgan fingerprint density at radius 1 is 1.35 bits per heavy atom. The molecule has 2 nitrogen and oxygen atoms in total. The number of nitrogens with zero attached hydrogens (tertiary/aromatic N) is 1. The van der Waals surface area contributed by atoms with Gasteiger partial charge in [-0.2, -0.15) is 0 Å². The quantitative estimate of drug-likeness (QED) is 0.710. The van der Waals surface area contributed by atoms with Gasteiger partial charge in [-0.05, 0) is 0 Å². The first-order valence-electron chi connectivity index (χ1n) is 5.63. The number of hydrogen-bond donors (Lipinski definition) is 0. The Morgan fingerprint density at radius 3 is 2.35 bits per heavy atom. The third kappa shape index (κ3) is 2.74. The molecule has 0 aliphatic heterocycles. The van der Waals surface area contributed by atoms with Gasteiger partial charge in [0, 0.05) is 0 Å². The van der Waals surface area contributed by atoms with E-state index in [4.69, 9.17) is 4.74 Å². The molecule has 1 aromatic rings. The molecule has 17 heavy (non-hydrogen) atoms. The summed E-state index contributed by atoms with van der Waals surface area (Å²) in [6.45, 7) is 12.3. The van der Waals surface area contributed by atoms with E-state index in [0.717, 1.165) is 11.4 Å². The molecule has 0 aliphatic rings. The van der Waals surface area contributed by atoms with Crippen molar-refractivity contribution >= 4 is 16.3 Å². The average Bonchev–Trinajstić information content (AvgIpc) is 2.31. The molecular weight excluding hydrogens is 382 g/mol. The Balaban J connectivity index is 3.54. The number of rotatable bonds is 4. The van der Waals surface area contributed by atoms with Crippen molar-refractivity contribution in [2.75, 3.05) is 7.11 Å². The van der Waals surface area contributed by atoms with E-state index in [1.807, 2.05) is 6.07 Å². The van der Waals surface area contributed by atoms with Crippen molar-refractivity contribution < 1.29 is 24.1 Å². The second-order valence-electron chi connectivity index (χ2n) is 4.40. The van der Waals surface area contributed by atoms with Crippen LogP contribution in [0.25, 0.3) is 0 Å². The third-order valence-corrected chi connectivity index (χ3v) is 5.42. The number of benzene rings is 1. The number of hydrogen-bond acceptors (Lipinski definition) is 2. The van der Waals surface area contributed by atoms with Crippen LogP contribution in [0.2, 0.25) is 0 Å². The predicted molar refractivity (Wildman–Crippen MR) is 70.6 cm³/mol. The molecule has 0 aromatic heterocycles. The molecule has 1 rings (SSSR count). The standard InChI is InChI=1S/C14H19NO.W/c1-9(2)7-12-10(3)11(4)14(16-6)8-13(12)15-5;/h8-9H,5H2,1-4,6H3;. The Kier molecular flexibility index (Phi) is 4.82. The van der Waals surface area contributed by atoms with Crippen LogP contribution >= 0.6 is 0 Å². The van der Waals surface area contributed by atoms with Gasteiger partial charge in [0.2, 0.25) is 0 Å². The van der Waals surface area contributed by atoms with Crippen LogP contribution in [0.1, 0.15) is 30.5 Å². The van der Waals surface area contributed by atoms with Crippen molar-refractivity contribution in [3.63, 3.8) is 0 Å². The Bertz CT molecular complexity index is 464. The van der Waals surface area contributed by atoms with Crippen molar-refractivity contribution in [2.24, 2.45) is 10.9 Å². The minimum atomic E-state index is 0.539. The zero-order valence-electron chi connectivity index (χ0n) is 11.1. The van der Waals surface area contributed by atoms with E-state index in [1.54, 1.807) is 7.11 Å². The van der Waals surface area contributed by atoms with E-state index in [0.29, 0.717) is 5.92 Å². The van der Waals surface area contributed by atoms with Gasteiger partial charge in [-0.3, -0.25) is 0 Å². The van der Waals surface area contributed by atoms with Gasteiger partial charge in [-0.25, -0.2) is 0 Å². The molecule has 0 N–H and O–H groups in total. The van der Waals surface area contributed by atoms with Crippen molar-refractivity contribution in [3.8, 4) is 5.75 Å². The SMILES string of the molecule is C=Nc1cc(OC)c(C)c(C)c1[C](=[W])C(C)C. The van der Waals surface area contributed by atoms with Crippen molar-refractivity contribution in [1.82, 2.24) is 0 Å².